The number of hydrogen-bond acceptors (Lipinski definition) is 1. The van der Waals surface area contributed by atoms with Crippen LogP contribution in [0.15, 0.2) is 24.3 Å². The average Bonchev–Trinajstić information content (AvgIpc) is 1.88. The van der Waals surface area contributed by atoms with Crippen molar-refractivity contribution in [2.24, 2.45) is 0 Å². The molecule has 0 fully saturated rings. The summed E-state index contributed by atoms with van der Waals surface area (Å²) in [4.78, 5) is 0. The number of rotatable bonds is 1. The van der Waals surface area contributed by atoms with Gasteiger partial charge < -0.3 is 0 Å². The molecule has 48 valence electrons. The molecule has 0 aliphatic carbocycles. The maximum Gasteiger partial charge on any atom is 0.139 e. The van der Waals surface area contributed by atoms with Gasteiger partial charge in [-0.05, 0) is 5.56 Å². The van der Waals surface area contributed by atoms with Crippen LogP contribution in [0.2, 0.25) is 0 Å². The minimum atomic E-state index is 0.516. The molecule has 0 unspecified atom stereocenters. The van der Waals surface area contributed by atoms with E-state index < -0.39 is 0 Å². The highest BCUT2D eigenvalue weighted by Crippen LogP contribution is 1.95. The van der Waals surface area contributed by atoms with Gasteiger partial charge in [-0.25, -0.2) is 0 Å². The fraction of sp³-hybridized carbons (Fsp3) is 0.125. The third-order valence-corrected chi connectivity index (χ3v) is 1.37. The summed E-state index contributed by atoms with van der Waals surface area (Å²) in [5.41, 5.74) is 2.32. The van der Waals surface area contributed by atoms with Crippen LogP contribution in [-0.2, 0) is 6.42 Å². The predicted octanol–water partition coefficient (Wildman–Crippen LogP) is 0.0111. The summed E-state index contributed by atoms with van der Waals surface area (Å²) >= 11 is 0. The highest BCUT2D eigenvalue weighted by atomic mass is 14.2. The summed E-state index contributed by atoms with van der Waals surface area (Å²) in [5.74, 6) is 0. The summed E-state index contributed by atoms with van der Waals surface area (Å²) < 4.78 is 0. The fourth-order valence-electron chi connectivity index (χ4n) is 0.913. The molecule has 0 radical (unpaired) electrons. The highest BCUT2D eigenvalue weighted by molar-refractivity contribution is 6.32. The Labute approximate surface area is 61.7 Å². The summed E-state index contributed by atoms with van der Waals surface area (Å²) in [7, 11) is 2.03. The van der Waals surface area contributed by atoms with E-state index in [4.69, 9.17) is 5.26 Å². The Morgan fingerprint density at radius 3 is 2.90 bits per heavy atom. The van der Waals surface area contributed by atoms with Crippen molar-refractivity contribution in [3.8, 4) is 6.07 Å². The molecule has 10 heavy (non-hydrogen) atoms. The van der Waals surface area contributed by atoms with Crippen LogP contribution in [0.5, 0.6) is 0 Å². The Morgan fingerprint density at radius 1 is 1.50 bits per heavy atom. The normalized spacial score (nSPS) is 8.70. The van der Waals surface area contributed by atoms with E-state index in [9.17, 15) is 0 Å². The second kappa shape index (κ2) is 3.07. The topological polar surface area (TPSA) is 23.8 Å². The van der Waals surface area contributed by atoms with Gasteiger partial charge in [0.15, 0.2) is 0 Å². The van der Waals surface area contributed by atoms with Gasteiger partial charge in [0.05, 0.1) is 12.5 Å². The van der Waals surface area contributed by atoms with Crippen LogP contribution in [0.1, 0.15) is 5.56 Å². The van der Waals surface area contributed by atoms with Crippen LogP contribution < -0.4 is 5.46 Å². The van der Waals surface area contributed by atoms with E-state index in [1.807, 2.05) is 32.1 Å². The van der Waals surface area contributed by atoms with Crippen molar-refractivity contribution in [2.45, 2.75) is 6.42 Å². The molecule has 0 saturated carbocycles. The maximum absolute atomic E-state index is 8.36. The molecule has 0 aromatic heterocycles. The predicted molar refractivity (Wildman–Crippen MR) is 43.9 cm³/mol. The van der Waals surface area contributed by atoms with Crippen molar-refractivity contribution in [3.63, 3.8) is 0 Å². The van der Waals surface area contributed by atoms with Gasteiger partial charge in [-0.15, -0.1) is 0 Å². The Kier molecular flexibility index (Phi) is 2.12. The van der Waals surface area contributed by atoms with Crippen molar-refractivity contribution in [3.05, 3.63) is 29.8 Å². The molecule has 0 aliphatic heterocycles. The van der Waals surface area contributed by atoms with Crippen LogP contribution >= 0.6 is 0 Å². The van der Waals surface area contributed by atoms with Crippen molar-refractivity contribution in [2.75, 3.05) is 0 Å². The van der Waals surface area contributed by atoms with E-state index in [2.05, 4.69) is 6.07 Å². The molecule has 0 saturated heterocycles. The molecule has 0 heterocycles. The van der Waals surface area contributed by atoms with Gasteiger partial charge in [-0.2, -0.15) is 5.26 Å². The summed E-state index contributed by atoms with van der Waals surface area (Å²) in [5, 5.41) is 8.36. The van der Waals surface area contributed by atoms with E-state index in [1.54, 1.807) is 0 Å². The second-order valence-corrected chi connectivity index (χ2v) is 2.32. The molecule has 0 aliphatic rings. The van der Waals surface area contributed by atoms with E-state index in [0.717, 1.165) is 5.56 Å². The lowest BCUT2D eigenvalue weighted by molar-refractivity contribution is 1.27. The van der Waals surface area contributed by atoms with Gasteiger partial charge in [0.2, 0.25) is 0 Å². The second-order valence-electron chi connectivity index (χ2n) is 2.32. The monoisotopic (exact) mass is 129 g/mol. The molecular formula is C8H8BN. The van der Waals surface area contributed by atoms with Crippen molar-refractivity contribution in [1.82, 2.24) is 0 Å². The third kappa shape index (κ3) is 1.63. The highest BCUT2D eigenvalue weighted by Gasteiger charge is 1.89. The van der Waals surface area contributed by atoms with Gasteiger partial charge >= 0.3 is 0 Å². The molecule has 0 atom stereocenters. The lowest BCUT2D eigenvalue weighted by Gasteiger charge is -1.94. The minimum absolute atomic E-state index is 0.516. The first-order chi connectivity index (χ1) is 4.83. The molecule has 0 bridgehead atoms. The Balaban J connectivity index is 2.87. The van der Waals surface area contributed by atoms with Gasteiger partial charge in [-0.3, -0.25) is 0 Å². The zero-order valence-electron chi connectivity index (χ0n) is 5.96. The standard InChI is InChI=1S/C8H8BN/c9-8-3-1-2-7(6-8)4-5-10/h1-3,6H,4,9H2. The van der Waals surface area contributed by atoms with E-state index in [-0.39, 0.29) is 0 Å². The lowest BCUT2D eigenvalue weighted by Crippen LogP contribution is -2.01. The van der Waals surface area contributed by atoms with Gasteiger partial charge in [0.1, 0.15) is 7.85 Å². The number of nitrogens with zero attached hydrogens (tertiary/aromatic N) is 1. The van der Waals surface area contributed by atoms with Crippen LogP contribution in [0.3, 0.4) is 0 Å². The number of benzene rings is 1. The number of nitriles is 1. The summed E-state index contributed by atoms with van der Waals surface area (Å²) in [6, 6.07) is 10.1. The molecule has 1 nitrogen and oxygen atoms in total. The summed E-state index contributed by atoms with van der Waals surface area (Å²) in [6.07, 6.45) is 0.516. The van der Waals surface area contributed by atoms with Crippen molar-refractivity contribution < 1.29 is 0 Å². The van der Waals surface area contributed by atoms with Gasteiger partial charge in [0.25, 0.3) is 0 Å². The average molecular weight is 129 g/mol. The summed E-state index contributed by atoms with van der Waals surface area (Å²) in [6.45, 7) is 0. The van der Waals surface area contributed by atoms with Crippen molar-refractivity contribution in [1.29, 1.82) is 5.26 Å². The SMILES string of the molecule is Bc1cccc(CC#N)c1. The third-order valence-electron chi connectivity index (χ3n) is 1.37. The Bertz CT molecular complexity index is 262. The maximum atomic E-state index is 8.36. The Hall–Kier alpha value is -1.23. The minimum Gasteiger partial charge on any atom is -0.198 e. The van der Waals surface area contributed by atoms with Crippen LogP contribution in [-0.4, -0.2) is 7.85 Å². The van der Waals surface area contributed by atoms with Crippen LogP contribution in [0, 0.1) is 11.3 Å². The Morgan fingerprint density at radius 2 is 2.30 bits per heavy atom. The van der Waals surface area contributed by atoms with Gasteiger partial charge in [-0.1, -0.05) is 29.7 Å². The van der Waals surface area contributed by atoms with E-state index in [1.165, 1.54) is 5.46 Å². The van der Waals surface area contributed by atoms with Crippen LogP contribution in [0.25, 0.3) is 0 Å². The molecule has 1 rings (SSSR count). The zero-order valence-corrected chi connectivity index (χ0v) is 5.96. The molecule has 0 amide bonds. The molecule has 0 spiro atoms. The first-order valence-electron chi connectivity index (χ1n) is 3.25. The first kappa shape index (κ1) is 6.89. The molecule has 2 heteroatoms. The smallest absolute Gasteiger partial charge is 0.139 e. The van der Waals surface area contributed by atoms with E-state index >= 15 is 0 Å². The quantitative estimate of drug-likeness (QED) is 0.490. The molecule has 1 aromatic carbocycles. The zero-order chi connectivity index (χ0) is 7.40. The van der Waals surface area contributed by atoms with Crippen LogP contribution in [0.4, 0.5) is 0 Å². The van der Waals surface area contributed by atoms with E-state index in [0.29, 0.717) is 6.42 Å². The first-order valence-corrected chi connectivity index (χ1v) is 3.25. The largest absolute Gasteiger partial charge is 0.198 e. The van der Waals surface area contributed by atoms with Crippen molar-refractivity contribution >= 4 is 13.3 Å². The number of hydrogen-bond donors (Lipinski definition) is 0. The molecular weight excluding hydrogens is 121 g/mol. The lowest BCUT2D eigenvalue weighted by atomic mass is 9.94. The molecule has 1 aromatic rings. The van der Waals surface area contributed by atoms with Gasteiger partial charge in [0, 0.05) is 0 Å². The fourth-order valence-corrected chi connectivity index (χ4v) is 0.913. The molecule has 0 N–H and O–H groups in total.